The van der Waals surface area contributed by atoms with Crippen LogP contribution < -0.4 is 5.32 Å². The van der Waals surface area contributed by atoms with Crippen LogP contribution in [0, 0.1) is 0 Å². The monoisotopic (exact) mass is 357 g/mol. The number of benzene rings is 1. The molecule has 0 radical (unpaired) electrons. The Morgan fingerprint density at radius 1 is 1.15 bits per heavy atom. The number of fused-ring (bicyclic) bond motifs is 1. The highest BCUT2D eigenvalue weighted by atomic mass is 16.2. The van der Waals surface area contributed by atoms with Crippen LogP contribution in [0.2, 0.25) is 0 Å². The second kappa shape index (κ2) is 7.09. The SMILES string of the molecule is CC(C)c1cccc(C(C)C)c1NC(=O)CN1C(=O)C2CCCN2C1=O. The van der Waals surface area contributed by atoms with Gasteiger partial charge in [-0.3, -0.25) is 14.5 Å². The second-order valence-electron chi connectivity index (χ2n) is 7.73. The molecule has 0 spiro atoms. The van der Waals surface area contributed by atoms with Gasteiger partial charge in [-0.15, -0.1) is 0 Å². The Labute approximate surface area is 154 Å². The minimum Gasteiger partial charge on any atom is -0.324 e. The molecule has 0 aromatic heterocycles. The normalized spacial score (nSPS) is 19.7. The van der Waals surface area contributed by atoms with Crippen molar-refractivity contribution in [1.82, 2.24) is 9.80 Å². The molecule has 2 aliphatic heterocycles. The molecule has 1 unspecified atom stereocenters. The van der Waals surface area contributed by atoms with E-state index in [4.69, 9.17) is 0 Å². The quantitative estimate of drug-likeness (QED) is 0.822. The smallest absolute Gasteiger partial charge is 0.324 e. The third-order valence-corrected chi connectivity index (χ3v) is 5.22. The summed E-state index contributed by atoms with van der Waals surface area (Å²) in [7, 11) is 0. The molecular weight excluding hydrogens is 330 g/mol. The number of carbonyl (C=O) groups excluding carboxylic acids is 3. The zero-order valence-electron chi connectivity index (χ0n) is 15.9. The summed E-state index contributed by atoms with van der Waals surface area (Å²) in [6, 6.07) is 5.31. The lowest BCUT2D eigenvalue weighted by Gasteiger charge is -2.21. The molecule has 6 nitrogen and oxygen atoms in total. The fraction of sp³-hybridized carbons (Fsp3) is 0.550. The van der Waals surface area contributed by atoms with Crippen molar-refractivity contribution in [1.29, 1.82) is 0 Å². The lowest BCUT2D eigenvalue weighted by atomic mass is 9.92. The topological polar surface area (TPSA) is 69.7 Å². The summed E-state index contributed by atoms with van der Waals surface area (Å²) in [5.74, 6) is -0.0687. The Hall–Kier alpha value is -2.37. The Morgan fingerprint density at radius 2 is 1.77 bits per heavy atom. The van der Waals surface area contributed by atoms with Crippen LogP contribution in [-0.4, -0.2) is 46.8 Å². The van der Waals surface area contributed by atoms with E-state index in [1.54, 1.807) is 4.90 Å². The number of imide groups is 1. The van der Waals surface area contributed by atoms with Gasteiger partial charge in [-0.25, -0.2) is 4.79 Å². The number of nitrogens with zero attached hydrogens (tertiary/aromatic N) is 2. The van der Waals surface area contributed by atoms with Crippen LogP contribution in [0.1, 0.15) is 63.5 Å². The molecule has 1 N–H and O–H groups in total. The van der Waals surface area contributed by atoms with E-state index in [9.17, 15) is 14.4 Å². The summed E-state index contributed by atoms with van der Waals surface area (Å²) < 4.78 is 0. The van der Waals surface area contributed by atoms with Crippen molar-refractivity contribution in [2.75, 3.05) is 18.4 Å². The molecule has 0 saturated carbocycles. The molecule has 1 atom stereocenters. The predicted octanol–water partition coefficient (Wildman–Crippen LogP) is 3.30. The van der Waals surface area contributed by atoms with Gasteiger partial charge in [0.2, 0.25) is 5.91 Å². The summed E-state index contributed by atoms with van der Waals surface area (Å²) in [6.07, 6.45) is 1.54. The van der Waals surface area contributed by atoms with Crippen LogP contribution in [-0.2, 0) is 9.59 Å². The minimum absolute atomic E-state index is 0.228. The molecule has 26 heavy (non-hydrogen) atoms. The molecule has 1 aromatic rings. The first-order valence-electron chi connectivity index (χ1n) is 9.36. The van der Waals surface area contributed by atoms with Gasteiger partial charge in [-0.2, -0.15) is 0 Å². The predicted molar refractivity (Wildman–Crippen MR) is 100 cm³/mol. The molecule has 1 aromatic carbocycles. The molecule has 2 heterocycles. The van der Waals surface area contributed by atoms with Crippen LogP contribution in [0.5, 0.6) is 0 Å². The van der Waals surface area contributed by atoms with E-state index < -0.39 is 0 Å². The van der Waals surface area contributed by atoms with Crippen molar-refractivity contribution in [2.24, 2.45) is 0 Å². The fourth-order valence-electron chi connectivity index (χ4n) is 3.85. The lowest BCUT2D eigenvalue weighted by molar-refractivity contribution is -0.131. The summed E-state index contributed by atoms with van der Waals surface area (Å²) in [4.78, 5) is 40.1. The Bertz CT molecular complexity index is 694. The van der Waals surface area contributed by atoms with Crippen molar-refractivity contribution < 1.29 is 14.4 Å². The van der Waals surface area contributed by atoms with Gasteiger partial charge in [0.15, 0.2) is 0 Å². The van der Waals surface area contributed by atoms with Crippen molar-refractivity contribution in [3.05, 3.63) is 29.3 Å². The van der Waals surface area contributed by atoms with Crippen LogP contribution in [0.4, 0.5) is 10.5 Å². The Kier molecular flexibility index (Phi) is 5.03. The van der Waals surface area contributed by atoms with E-state index in [0.717, 1.165) is 28.1 Å². The molecule has 2 saturated heterocycles. The molecule has 2 aliphatic rings. The van der Waals surface area contributed by atoms with Crippen LogP contribution >= 0.6 is 0 Å². The van der Waals surface area contributed by atoms with Gasteiger partial charge in [-0.05, 0) is 35.8 Å². The third kappa shape index (κ3) is 3.20. The van der Waals surface area contributed by atoms with Gasteiger partial charge in [0.1, 0.15) is 12.6 Å². The average Bonchev–Trinajstić information content (AvgIpc) is 3.14. The number of carbonyl (C=O) groups is 3. The van der Waals surface area contributed by atoms with E-state index in [-0.39, 0.29) is 42.3 Å². The van der Waals surface area contributed by atoms with Crippen molar-refractivity contribution in [2.45, 2.75) is 58.4 Å². The summed E-state index contributed by atoms with van der Waals surface area (Å²) in [5, 5.41) is 2.97. The highest BCUT2D eigenvalue weighted by Gasteiger charge is 2.47. The summed E-state index contributed by atoms with van der Waals surface area (Å²) in [6.45, 7) is 8.69. The molecular formula is C20H27N3O3. The fourth-order valence-corrected chi connectivity index (χ4v) is 3.85. The molecule has 2 fully saturated rings. The molecule has 0 aliphatic carbocycles. The third-order valence-electron chi connectivity index (χ3n) is 5.22. The van der Waals surface area contributed by atoms with E-state index in [1.165, 1.54) is 0 Å². The van der Waals surface area contributed by atoms with Gasteiger partial charge in [-0.1, -0.05) is 45.9 Å². The molecule has 6 heteroatoms. The van der Waals surface area contributed by atoms with Crippen LogP contribution in [0.15, 0.2) is 18.2 Å². The number of rotatable bonds is 5. The maximum absolute atomic E-state index is 12.7. The maximum atomic E-state index is 12.7. The number of nitrogens with one attached hydrogen (secondary N) is 1. The largest absolute Gasteiger partial charge is 0.327 e. The Morgan fingerprint density at radius 3 is 2.31 bits per heavy atom. The highest BCUT2D eigenvalue weighted by molar-refractivity contribution is 6.08. The summed E-state index contributed by atoms with van der Waals surface area (Å²) >= 11 is 0. The van der Waals surface area contributed by atoms with Crippen LogP contribution in [0.25, 0.3) is 0 Å². The average molecular weight is 357 g/mol. The van der Waals surface area contributed by atoms with Crippen molar-refractivity contribution >= 4 is 23.5 Å². The minimum atomic E-state index is -0.371. The number of amides is 4. The first kappa shape index (κ1) is 18.4. The summed E-state index contributed by atoms with van der Waals surface area (Å²) in [5.41, 5.74) is 2.93. The van der Waals surface area contributed by atoms with Gasteiger partial charge in [0.05, 0.1) is 0 Å². The Balaban J connectivity index is 1.79. The maximum Gasteiger partial charge on any atom is 0.327 e. The molecule has 0 bridgehead atoms. The molecule has 140 valence electrons. The first-order valence-corrected chi connectivity index (χ1v) is 9.36. The highest BCUT2D eigenvalue weighted by Crippen LogP contribution is 2.32. The van der Waals surface area contributed by atoms with E-state index >= 15 is 0 Å². The number of urea groups is 1. The number of para-hydroxylation sites is 1. The van der Waals surface area contributed by atoms with Gasteiger partial charge >= 0.3 is 6.03 Å². The van der Waals surface area contributed by atoms with Crippen molar-refractivity contribution in [3.8, 4) is 0 Å². The number of anilines is 1. The number of hydrogen-bond acceptors (Lipinski definition) is 3. The first-order chi connectivity index (χ1) is 12.3. The number of hydrogen-bond donors (Lipinski definition) is 1. The second-order valence-corrected chi connectivity index (χ2v) is 7.73. The van der Waals surface area contributed by atoms with Crippen LogP contribution in [0.3, 0.4) is 0 Å². The van der Waals surface area contributed by atoms with Gasteiger partial charge in [0, 0.05) is 12.2 Å². The molecule has 3 rings (SSSR count). The van der Waals surface area contributed by atoms with Crippen molar-refractivity contribution in [3.63, 3.8) is 0 Å². The van der Waals surface area contributed by atoms with E-state index in [0.29, 0.717) is 13.0 Å². The zero-order chi connectivity index (χ0) is 19.0. The van der Waals surface area contributed by atoms with Gasteiger partial charge in [0.25, 0.3) is 5.91 Å². The van der Waals surface area contributed by atoms with E-state index in [2.05, 4.69) is 33.0 Å². The van der Waals surface area contributed by atoms with Gasteiger partial charge < -0.3 is 10.2 Å². The van der Waals surface area contributed by atoms with E-state index in [1.807, 2.05) is 18.2 Å². The zero-order valence-corrected chi connectivity index (χ0v) is 15.9. The molecule has 4 amide bonds. The standard InChI is InChI=1S/C20H27N3O3/c1-12(2)14-7-5-8-15(13(3)4)18(14)21-17(24)11-23-19(25)16-9-6-10-22(16)20(23)26/h5,7-8,12-13,16H,6,9-11H2,1-4H3,(H,21,24). The lowest BCUT2D eigenvalue weighted by Crippen LogP contribution is -2.39.